The van der Waals surface area contributed by atoms with Gasteiger partial charge in [-0.3, -0.25) is 14.4 Å². The van der Waals surface area contributed by atoms with Crippen molar-refractivity contribution >= 4 is 46.7 Å². The molecule has 0 spiro atoms. The van der Waals surface area contributed by atoms with Crippen molar-refractivity contribution in [3.8, 4) is 11.1 Å². The van der Waals surface area contributed by atoms with Gasteiger partial charge in [-0.25, -0.2) is 9.69 Å². The summed E-state index contributed by atoms with van der Waals surface area (Å²) in [6.45, 7) is -0.391. The zero-order valence-corrected chi connectivity index (χ0v) is 22.1. The van der Waals surface area contributed by atoms with Crippen LogP contribution in [0.4, 0.5) is 11.4 Å². The molecule has 1 fully saturated rings. The number of benzene rings is 4. The molecular weight excluding hydrogens is 524 g/mol. The minimum Gasteiger partial charge on any atom is -0.454 e. The standard InChI is InChI=1S/C32H24N2O5S/c33-23-5-3-6-25(16-23)40-29-17-30(36)34(31(29)37)24-11-8-19(9-12-24)32(38)39-18-28(35)21-10-13-27-22(15-21)14-20-4-1-2-7-26(20)27/h1-13,15-16,29H,14,17-18,33H2. The molecule has 1 saturated heterocycles. The molecule has 1 heterocycles. The molecule has 7 nitrogen and oxygen atoms in total. The molecule has 198 valence electrons. The number of esters is 1. The Morgan fingerprint density at radius 1 is 0.850 bits per heavy atom. The lowest BCUT2D eigenvalue weighted by Crippen LogP contribution is -2.31. The summed E-state index contributed by atoms with van der Waals surface area (Å²) in [7, 11) is 0. The highest BCUT2D eigenvalue weighted by molar-refractivity contribution is 8.00. The summed E-state index contributed by atoms with van der Waals surface area (Å²) in [6, 6.07) is 26.9. The minimum atomic E-state index is -0.664. The fourth-order valence-corrected chi connectivity index (χ4v) is 6.20. The van der Waals surface area contributed by atoms with Gasteiger partial charge in [0, 0.05) is 22.6 Å². The van der Waals surface area contributed by atoms with Crippen LogP contribution in [-0.2, 0) is 20.7 Å². The Balaban J connectivity index is 1.07. The Labute approximate surface area is 234 Å². The summed E-state index contributed by atoms with van der Waals surface area (Å²) in [4.78, 5) is 53.0. The number of hydrogen-bond acceptors (Lipinski definition) is 7. The van der Waals surface area contributed by atoms with E-state index in [1.165, 1.54) is 47.2 Å². The zero-order valence-electron chi connectivity index (χ0n) is 21.3. The summed E-state index contributed by atoms with van der Waals surface area (Å²) in [5.41, 5.74) is 12.1. The van der Waals surface area contributed by atoms with Crippen molar-refractivity contribution in [2.24, 2.45) is 0 Å². The summed E-state index contributed by atoms with van der Waals surface area (Å²) in [5.74, 6) is -1.59. The summed E-state index contributed by atoms with van der Waals surface area (Å²) in [5, 5.41) is -0.557. The quantitative estimate of drug-likeness (QED) is 0.127. The predicted molar refractivity (Wildman–Crippen MR) is 153 cm³/mol. The second-order valence-electron chi connectivity index (χ2n) is 9.70. The molecule has 0 saturated carbocycles. The van der Waals surface area contributed by atoms with E-state index < -0.39 is 17.8 Å². The van der Waals surface area contributed by atoms with E-state index >= 15 is 0 Å². The number of Topliss-reactive ketones (excluding diaryl/α,β-unsaturated/α-hetero) is 1. The van der Waals surface area contributed by atoms with Crippen molar-refractivity contribution in [1.29, 1.82) is 0 Å². The highest BCUT2D eigenvalue weighted by Gasteiger charge is 2.40. The average Bonchev–Trinajstić information content (AvgIpc) is 3.47. The van der Waals surface area contributed by atoms with Gasteiger partial charge < -0.3 is 10.5 Å². The third-order valence-corrected chi connectivity index (χ3v) is 8.23. The number of carbonyl (C=O) groups is 4. The topological polar surface area (TPSA) is 107 Å². The second kappa shape index (κ2) is 10.5. The van der Waals surface area contributed by atoms with E-state index in [-0.39, 0.29) is 29.6 Å². The molecule has 2 amide bonds. The van der Waals surface area contributed by atoms with Crippen LogP contribution < -0.4 is 10.6 Å². The average molecular weight is 549 g/mol. The zero-order chi connectivity index (χ0) is 27.8. The van der Waals surface area contributed by atoms with Gasteiger partial charge in [0.1, 0.15) is 0 Å². The summed E-state index contributed by atoms with van der Waals surface area (Å²) < 4.78 is 5.28. The predicted octanol–water partition coefficient (Wildman–Crippen LogP) is 5.30. The molecule has 4 aromatic rings. The lowest BCUT2D eigenvalue weighted by atomic mass is 10.0. The number of imide groups is 1. The van der Waals surface area contributed by atoms with Crippen LogP contribution in [0.25, 0.3) is 11.1 Å². The van der Waals surface area contributed by atoms with Crippen molar-refractivity contribution in [3.05, 3.63) is 113 Å². The maximum atomic E-state index is 13.0. The largest absolute Gasteiger partial charge is 0.454 e. The number of ether oxygens (including phenoxy) is 1. The van der Waals surface area contributed by atoms with Gasteiger partial charge in [0.15, 0.2) is 12.4 Å². The number of ketones is 1. The van der Waals surface area contributed by atoms with Crippen LogP contribution in [0, 0.1) is 0 Å². The SMILES string of the molecule is Nc1cccc(SC2CC(=O)N(c3ccc(C(=O)OCC(=O)c4ccc5c(c4)Cc4ccccc4-5)cc3)C2=O)c1. The normalized spacial score (nSPS) is 15.6. The van der Waals surface area contributed by atoms with Crippen molar-refractivity contribution in [2.45, 2.75) is 23.0 Å². The highest BCUT2D eigenvalue weighted by Crippen LogP contribution is 2.37. The number of rotatable bonds is 7. The van der Waals surface area contributed by atoms with Crippen LogP contribution in [0.5, 0.6) is 0 Å². The number of hydrogen-bond donors (Lipinski definition) is 1. The van der Waals surface area contributed by atoms with Gasteiger partial charge in [0.2, 0.25) is 11.8 Å². The van der Waals surface area contributed by atoms with E-state index in [9.17, 15) is 19.2 Å². The smallest absolute Gasteiger partial charge is 0.338 e. The molecule has 6 rings (SSSR count). The first-order valence-electron chi connectivity index (χ1n) is 12.8. The third kappa shape index (κ3) is 4.89. The van der Waals surface area contributed by atoms with E-state index in [2.05, 4.69) is 12.1 Å². The van der Waals surface area contributed by atoms with Gasteiger partial charge >= 0.3 is 5.97 Å². The van der Waals surface area contributed by atoms with E-state index in [1.54, 1.807) is 24.3 Å². The summed E-state index contributed by atoms with van der Waals surface area (Å²) >= 11 is 1.30. The molecule has 8 heteroatoms. The molecule has 1 aliphatic heterocycles. The van der Waals surface area contributed by atoms with Crippen molar-refractivity contribution in [2.75, 3.05) is 17.2 Å². The molecule has 40 heavy (non-hydrogen) atoms. The maximum absolute atomic E-state index is 13.0. The number of nitrogens with zero attached hydrogens (tertiary/aromatic N) is 1. The van der Waals surface area contributed by atoms with Crippen LogP contribution >= 0.6 is 11.8 Å². The van der Waals surface area contributed by atoms with E-state index in [0.717, 1.165) is 27.3 Å². The van der Waals surface area contributed by atoms with Crippen molar-refractivity contribution < 1.29 is 23.9 Å². The van der Waals surface area contributed by atoms with Crippen LogP contribution in [0.3, 0.4) is 0 Å². The number of anilines is 2. The fourth-order valence-electron chi connectivity index (χ4n) is 5.08. The molecule has 2 aliphatic rings. The molecule has 0 radical (unpaired) electrons. The number of nitrogens with two attached hydrogens (primary N) is 1. The van der Waals surface area contributed by atoms with E-state index in [4.69, 9.17) is 10.5 Å². The van der Waals surface area contributed by atoms with Gasteiger partial charge in [-0.15, -0.1) is 11.8 Å². The maximum Gasteiger partial charge on any atom is 0.338 e. The van der Waals surface area contributed by atoms with Gasteiger partial charge in [0.05, 0.1) is 16.5 Å². The summed E-state index contributed by atoms with van der Waals surface area (Å²) in [6.07, 6.45) is 0.833. The first-order valence-corrected chi connectivity index (χ1v) is 13.7. The lowest BCUT2D eigenvalue weighted by molar-refractivity contribution is -0.121. The van der Waals surface area contributed by atoms with Crippen LogP contribution in [0.1, 0.15) is 38.3 Å². The Kier molecular flexibility index (Phi) is 6.69. The van der Waals surface area contributed by atoms with Crippen LogP contribution in [-0.4, -0.2) is 35.4 Å². The molecule has 2 N–H and O–H groups in total. The fraction of sp³-hybridized carbons (Fsp3) is 0.125. The highest BCUT2D eigenvalue weighted by atomic mass is 32.2. The third-order valence-electron chi connectivity index (χ3n) is 7.05. The van der Waals surface area contributed by atoms with Gasteiger partial charge in [-0.1, -0.05) is 42.5 Å². The number of thioether (sulfide) groups is 1. The number of fused-ring (bicyclic) bond motifs is 3. The van der Waals surface area contributed by atoms with Gasteiger partial charge in [-0.05, 0) is 77.2 Å². The Bertz CT molecular complexity index is 1680. The number of amides is 2. The Morgan fingerprint density at radius 2 is 1.60 bits per heavy atom. The first kappa shape index (κ1) is 25.6. The molecule has 0 aromatic heterocycles. The van der Waals surface area contributed by atoms with E-state index in [1.807, 2.05) is 30.3 Å². The van der Waals surface area contributed by atoms with Gasteiger partial charge in [0.25, 0.3) is 0 Å². The molecule has 0 bridgehead atoms. The van der Waals surface area contributed by atoms with Crippen molar-refractivity contribution in [3.63, 3.8) is 0 Å². The second-order valence-corrected chi connectivity index (χ2v) is 11.0. The number of carbonyl (C=O) groups excluding carboxylic acids is 4. The van der Waals surface area contributed by atoms with Crippen LogP contribution in [0.2, 0.25) is 0 Å². The molecule has 4 aromatic carbocycles. The molecule has 1 unspecified atom stereocenters. The van der Waals surface area contributed by atoms with Crippen LogP contribution in [0.15, 0.2) is 95.9 Å². The lowest BCUT2D eigenvalue weighted by Gasteiger charge is -2.15. The first-order chi connectivity index (χ1) is 19.4. The van der Waals surface area contributed by atoms with Crippen molar-refractivity contribution in [1.82, 2.24) is 0 Å². The monoisotopic (exact) mass is 548 g/mol. The Morgan fingerprint density at radius 3 is 2.40 bits per heavy atom. The minimum absolute atomic E-state index is 0.0684. The molecular formula is C32H24N2O5S. The number of nitrogen functional groups attached to an aromatic ring is 1. The van der Waals surface area contributed by atoms with Gasteiger partial charge in [-0.2, -0.15) is 0 Å². The molecule has 1 atom stereocenters. The molecule has 1 aliphatic carbocycles. The van der Waals surface area contributed by atoms with E-state index in [0.29, 0.717) is 16.9 Å². The Hall–Kier alpha value is -4.69.